The van der Waals surface area contributed by atoms with Gasteiger partial charge in [0.15, 0.2) is 0 Å². The molecule has 1 amide bonds. The lowest BCUT2D eigenvalue weighted by atomic mass is 10.2. The number of carbonyl (C=O) groups excluding carboxylic acids is 1. The Morgan fingerprint density at radius 2 is 2.00 bits per heavy atom. The molecule has 0 spiro atoms. The van der Waals surface area contributed by atoms with E-state index in [4.69, 9.17) is 4.74 Å². The van der Waals surface area contributed by atoms with Crippen molar-refractivity contribution in [2.75, 3.05) is 27.3 Å². The van der Waals surface area contributed by atoms with E-state index in [9.17, 15) is 13.6 Å². The molecule has 104 valence electrons. The van der Waals surface area contributed by atoms with Crippen LogP contribution in [0.3, 0.4) is 0 Å². The molecule has 1 rings (SSSR count). The molecule has 0 bridgehead atoms. The standard InChI is InChI=1S/C14H17F2NO2/c1-17(9-4-10-19-2)14(18)8-7-11-12(15)5-3-6-13(11)16/h3,5-8H,4,9-10H2,1-2H3/b8-7+. The van der Waals surface area contributed by atoms with E-state index >= 15 is 0 Å². The molecule has 0 aliphatic carbocycles. The van der Waals surface area contributed by atoms with Crippen LogP contribution in [0.15, 0.2) is 24.3 Å². The summed E-state index contributed by atoms with van der Waals surface area (Å²) >= 11 is 0. The van der Waals surface area contributed by atoms with Crippen LogP contribution in [-0.2, 0) is 9.53 Å². The maximum absolute atomic E-state index is 13.3. The van der Waals surface area contributed by atoms with Gasteiger partial charge in [-0.2, -0.15) is 0 Å². The van der Waals surface area contributed by atoms with Crippen LogP contribution >= 0.6 is 0 Å². The molecule has 0 aliphatic heterocycles. The molecule has 0 radical (unpaired) electrons. The van der Waals surface area contributed by atoms with Crippen LogP contribution in [-0.4, -0.2) is 38.1 Å². The summed E-state index contributed by atoms with van der Waals surface area (Å²) in [7, 11) is 3.21. The molecule has 1 aromatic carbocycles. The van der Waals surface area contributed by atoms with Crippen molar-refractivity contribution in [1.29, 1.82) is 0 Å². The number of carbonyl (C=O) groups is 1. The van der Waals surface area contributed by atoms with Crippen molar-refractivity contribution >= 4 is 12.0 Å². The Bertz CT molecular complexity index is 441. The average Bonchev–Trinajstić information content (AvgIpc) is 2.38. The third-order valence-corrected chi connectivity index (χ3v) is 2.61. The summed E-state index contributed by atoms with van der Waals surface area (Å²) in [5, 5.41) is 0. The second-order valence-corrected chi connectivity index (χ2v) is 4.07. The summed E-state index contributed by atoms with van der Waals surface area (Å²) in [6, 6.07) is 3.58. The van der Waals surface area contributed by atoms with Gasteiger partial charge in [-0.25, -0.2) is 8.78 Å². The van der Waals surface area contributed by atoms with Gasteiger partial charge < -0.3 is 9.64 Å². The van der Waals surface area contributed by atoms with Crippen LogP contribution in [0, 0.1) is 11.6 Å². The molecule has 0 aliphatic rings. The van der Waals surface area contributed by atoms with Gasteiger partial charge in [0.1, 0.15) is 11.6 Å². The average molecular weight is 269 g/mol. The summed E-state index contributed by atoms with van der Waals surface area (Å²) in [5.74, 6) is -1.68. The van der Waals surface area contributed by atoms with Crippen molar-refractivity contribution in [1.82, 2.24) is 4.90 Å². The predicted octanol–water partition coefficient (Wildman–Crippen LogP) is 2.47. The first-order chi connectivity index (χ1) is 9.06. The van der Waals surface area contributed by atoms with E-state index in [2.05, 4.69) is 0 Å². The summed E-state index contributed by atoms with van der Waals surface area (Å²) < 4.78 is 31.5. The first kappa shape index (κ1) is 15.3. The Labute approximate surface area is 111 Å². The van der Waals surface area contributed by atoms with E-state index in [0.29, 0.717) is 19.6 Å². The zero-order valence-corrected chi connectivity index (χ0v) is 11.0. The number of amides is 1. The van der Waals surface area contributed by atoms with Crippen molar-refractivity contribution in [3.63, 3.8) is 0 Å². The van der Waals surface area contributed by atoms with Crippen LogP contribution in [0.1, 0.15) is 12.0 Å². The minimum Gasteiger partial charge on any atom is -0.385 e. The Kier molecular flexibility index (Phi) is 6.15. The van der Waals surface area contributed by atoms with Crippen LogP contribution in [0.2, 0.25) is 0 Å². The lowest BCUT2D eigenvalue weighted by Gasteiger charge is -2.14. The van der Waals surface area contributed by atoms with Crippen LogP contribution in [0.5, 0.6) is 0 Å². The van der Waals surface area contributed by atoms with Gasteiger partial charge in [-0.05, 0) is 24.6 Å². The molecule has 3 nitrogen and oxygen atoms in total. The summed E-state index contributed by atoms with van der Waals surface area (Å²) in [6.45, 7) is 1.08. The molecule has 0 atom stereocenters. The number of halogens is 2. The Hall–Kier alpha value is -1.75. The zero-order valence-electron chi connectivity index (χ0n) is 11.0. The number of likely N-dealkylation sites (N-methyl/N-ethyl adjacent to an activating group) is 1. The SMILES string of the molecule is COCCCN(C)C(=O)/C=C/c1c(F)cccc1F. The number of hydrogen-bond acceptors (Lipinski definition) is 2. The molecule has 0 unspecified atom stereocenters. The van der Waals surface area contributed by atoms with Crippen molar-refractivity contribution in [2.24, 2.45) is 0 Å². The fourth-order valence-corrected chi connectivity index (χ4v) is 1.51. The first-order valence-corrected chi connectivity index (χ1v) is 5.92. The summed E-state index contributed by atoms with van der Waals surface area (Å²) in [5.41, 5.74) is -0.207. The fraction of sp³-hybridized carbons (Fsp3) is 0.357. The molecule has 5 heteroatoms. The predicted molar refractivity (Wildman–Crippen MR) is 69.5 cm³/mol. The van der Waals surface area contributed by atoms with E-state index < -0.39 is 11.6 Å². The minimum absolute atomic E-state index is 0.207. The quantitative estimate of drug-likeness (QED) is 0.586. The Morgan fingerprint density at radius 1 is 1.37 bits per heavy atom. The molecule has 19 heavy (non-hydrogen) atoms. The topological polar surface area (TPSA) is 29.5 Å². The van der Waals surface area contributed by atoms with Crippen molar-refractivity contribution in [2.45, 2.75) is 6.42 Å². The van der Waals surface area contributed by atoms with E-state index in [1.165, 1.54) is 11.0 Å². The Balaban J connectivity index is 2.63. The fourth-order valence-electron chi connectivity index (χ4n) is 1.51. The molecule has 0 saturated heterocycles. The van der Waals surface area contributed by atoms with E-state index in [1.54, 1.807) is 14.2 Å². The number of rotatable bonds is 6. The van der Waals surface area contributed by atoms with Crippen LogP contribution < -0.4 is 0 Å². The summed E-state index contributed by atoms with van der Waals surface area (Å²) in [6.07, 6.45) is 3.02. The smallest absolute Gasteiger partial charge is 0.246 e. The van der Waals surface area contributed by atoms with Crippen LogP contribution in [0.4, 0.5) is 8.78 Å². The molecule has 0 N–H and O–H groups in total. The minimum atomic E-state index is -0.689. The number of nitrogens with zero attached hydrogens (tertiary/aromatic N) is 1. The van der Waals surface area contributed by atoms with Gasteiger partial charge in [-0.3, -0.25) is 4.79 Å². The molecule has 0 fully saturated rings. The first-order valence-electron chi connectivity index (χ1n) is 5.92. The highest BCUT2D eigenvalue weighted by molar-refractivity contribution is 5.91. The molecule has 0 heterocycles. The second kappa shape index (κ2) is 7.63. The number of hydrogen-bond donors (Lipinski definition) is 0. The monoisotopic (exact) mass is 269 g/mol. The van der Waals surface area contributed by atoms with Gasteiger partial charge in [-0.1, -0.05) is 6.07 Å². The van der Waals surface area contributed by atoms with Gasteiger partial charge >= 0.3 is 0 Å². The number of benzene rings is 1. The van der Waals surface area contributed by atoms with Gasteiger partial charge in [0.05, 0.1) is 0 Å². The molecular formula is C14H17F2NO2. The van der Waals surface area contributed by atoms with E-state index in [1.807, 2.05) is 0 Å². The number of ether oxygens (including phenoxy) is 1. The van der Waals surface area contributed by atoms with Crippen LogP contribution in [0.25, 0.3) is 6.08 Å². The Morgan fingerprint density at radius 3 is 2.58 bits per heavy atom. The molecule has 0 saturated carbocycles. The molecule has 0 aromatic heterocycles. The zero-order chi connectivity index (χ0) is 14.3. The third-order valence-electron chi connectivity index (χ3n) is 2.61. The maximum Gasteiger partial charge on any atom is 0.246 e. The lowest BCUT2D eigenvalue weighted by Crippen LogP contribution is -2.26. The van der Waals surface area contributed by atoms with Gasteiger partial charge in [0.25, 0.3) is 0 Å². The van der Waals surface area contributed by atoms with E-state index in [0.717, 1.165) is 24.3 Å². The van der Waals surface area contributed by atoms with Crippen molar-refractivity contribution in [3.8, 4) is 0 Å². The third kappa shape index (κ3) is 4.79. The number of methoxy groups -OCH3 is 1. The van der Waals surface area contributed by atoms with E-state index in [-0.39, 0.29) is 11.5 Å². The highest BCUT2D eigenvalue weighted by Crippen LogP contribution is 2.13. The van der Waals surface area contributed by atoms with Crippen molar-refractivity contribution < 1.29 is 18.3 Å². The highest BCUT2D eigenvalue weighted by Gasteiger charge is 2.07. The lowest BCUT2D eigenvalue weighted by molar-refractivity contribution is -0.124. The van der Waals surface area contributed by atoms with Gasteiger partial charge in [0, 0.05) is 38.9 Å². The molecular weight excluding hydrogens is 252 g/mol. The largest absolute Gasteiger partial charge is 0.385 e. The van der Waals surface area contributed by atoms with Gasteiger partial charge in [0.2, 0.25) is 5.91 Å². The highest BCUT2D eigenvalue weighted by atomic mass is 19.1. The summed E-state index contributed by atoms with van der Waals surface area (Å²) in [4.78, 5) is 13.2. The normalized spacial score (nSPS) is 10.9. The van der Waals surface area contributed by atoms with Gasteiger partial charge in [-0.15, -0.1) is 0 Å². The second-order valence-electron chi connectivity index (χ2n) is 4.07. The molecule has 1 aromatic rings. The van der Waals surface area contributed by atoms with Crippen molar-refractivity contribution in [3.05, 3.63) is 41.5 Å². The maximum atomic E-state index is 13.3.